The Labute approximate surface area is 104 Å². The van der Waals surface area contributed by atoms with Crippen LogP contribution in [0, 0.1) is 5.82 Å². The summed E-state index contributed by atoms with van der Waals surface area (Å²) in [5.74, 6) is 0.109. The van der Waals surface area contributed by atoms with Crippen LogP contribution in [0.3, 0.4) is 0 Å². The van der Waals surface area contributed by atoms with Crippen LogP contribution in [0.5, 0.6) is 0 Å². The number of halogens is 2. The number of rotatable bonds is 4. The lowest BCUT2D eigenvalue weighted by molar-refractivity contribution is 0.567. The van der Waals surface area contributed by atoms with Crippen LogP contribution in [0.1, 0.15) is 23.9 Å². The summed E-state index contributed by atoms with van der Waals surface area (Å²) in [6.07, 6.45) is 0.781. The maximum Gasteiger partial charge on any atom is 0.128 e. The highest BCUT2D eigenvalue weighted by atomic mass is 35.5. The van der Waals surface area contributed by atoms with Crippen molar-refractivity contribution in [3.63, 3.8) is 0 Å². The SMILES string of the molecule is CCc1c(CCl)nnn1Cc1ccccc1F. The zero-order chi connectivity index (χ0) is 12.3. The van der Waals surface area contributed by atoms with E-state index in [1.54, 1.807) is 16.8 Å². The molecule has 0 N–H and O–H groups in total. The predicted octanol–water partition coefficient (Wildman–Crippen LogP) is 2.77. The number of hydrogen-bond acceptors (Lipinski definition) is 2. The average Bonchev–Trinajstić information content (AvgIpc) is 2.74. The minimum absolute atomic E-state index is 0.225. The zero-order valence-electron chi connectivity index (χ0n) is 9.53. The average molecular weight is 254 g/mol. The van der Waals surface area contributed by atoms with Crippen LogP contribution < -0.4 is 0 Å². The van der Waals surface area contributed by atoms with Crippen molar-refractivity contribution in [1.29, 1.82) is 0 Å². The van der Waals surface area contributed by atoms with Gasteiger partial charge in [0, 0.05) is 5.56 Å². The van der Waals surface area contributed by atoms with Gasteiger partial charge in [-0.05, 0) is 12.5 Å². The van der Waals surface area contributed by atoms with Crippen LogP contribution in [-0.2, 0) is 18.8 Å². The van der Waals surface area contributed by atoms with Gasteiger partial charge in [-0.25, -0.2) is 9.07 Å². The predicted molar refractivity (Wildman–Crippen MR) is 64.5 cm³/mol. The van der Waals surface area contributed by atoms with Crippen molar-refractivity contribution < 1.29 is 4.39 Å². The molecule has 0 saturated heterocycles. The quantitative estimate of drug-likeness (QED) is 0.785. The van der Waals surface area contributed by atoms with E-state index < -0.39 is 0 Å². The number of nitrogens with zero attached hydrogens (tertiary/aromatic N) is 3. The van der Waals surface area contributed by atoms with Gasteiger partial charge in [-0.15, -0.1) is 16.7 Å². The van der Waals surface area contributed by atoms with E-state index in [1.807, 2.05) is 13.0 Å². The lowest BCUT2D eigenvalue weighted by atomic mass is 10.2. The molecular weight excluding hydrogens is 241 g/mol. The monoisotopic (exact) mass is 253 g/mol. The molecule has 1 aromatic heterocycles. The first-order valence-electron chi connectivity index (χ1n) is 5.46. The van der Waals surface area contributed by atoms with Crippen molar-refractivity contribution in [3.8, 4) is 0 Å². The van der Waals surface area contributed by atoms with Gasteiger partial charge >= 0.3 is 0 Å². The van der Waals surface area contributed by atoms with Crippen molar-refractivity contribution in [1.82, 2.24) is 15.0 Å². The molecule has 0 atom stereocenters. The molecule has 1 aromatic carbocycles. The van der Waals surface area contributed by atoms with Crippen molar-refractivity contribution in [2.45, 2.75) is 25.8 Å². The summed E-state index contributed by atoms with van der Waals surface area (Å²) < 4.78 is 15.2. The van der Waals surface area contributed by atoms with E-state index in [4.69, 9.17) is 11.6 Å². The molecule has 0 saturated carbocycles. The molecule has 0 bridgehead atoms. The van der Waals surface area contributed by atoms with Crippen molar-refractivity contribution in [2.75, 3.05) is 0 Å². The molecule has 90 valence electrons. The lowest BCUT2D eigenvalue weighted by Crippen LogP contribution is -2.07. The van der Waals surface area contributed by atoms with E-state index in [0.717, 1.165) is 17.8 Å². The normalized spacial score (nSPS) is 10.8. The highest BCUT2D eigenvalue weighted by Crippen LogP contribution is 2.13. The number of hydrogen-bond donors (Lipinski definition) is 0. The first-order chi connectivity index (χ1) is 8.26. The van der Waals surface area contributed by atoms with Crippen LogP contribution in [0.25, 0.3) is 0 Å². The molecule has 3 nitrogen and oxygen atoms in total. The van der Waals surface area contributed by atoms with Gasteiger partial charge in [0.2, 0.25) is 0 Å². The Morgan fingerprint density at radius 1 is 1.35 bits per heavy atom. The van der Waals surface area contributed by atoms with Gasteiger partial charge < -0.3 is 0 Å². The summed E-state index contributed by atoms with van der Waals surface area (Å²) >= 11 is 5.77. The minimum Gasteiger partial charge on any atom is -0.245 e. The van der Waals surface area contributed by atoms with Gasteiger partial charge in [0.15, 0.2) is 0 Å². The molecule has 0 aliphatic carbocycles. The van der Waals surface area contributed by atoms with E-state index in [-0.39, 0.29) is 5.82 Å². The van der Waals surface area contributed by atoms with Crippen LogP contribution in [0.15, 0.2) is 24.3 Å². The first-order valence-corrected chi connectivity index (χ1v) is 6.00. The Bertz CT molecular complexity index is 510. The third-order valence-electron chi connectivity index (χ3n) is 2.66. The molecule has 2 rings (SSSR count). The van der Waals surface area contributed by atoms with E-state index in [0.29, 0.717) is 18.0 Å². The van der Waals surface area contributed by atoms with Crippen LogP contribution in [0.2, 0.25) is 0 Å². The second-order valence-electron chi connectivity index (χ2n) is 3.72. The summed E-state index contributed by atoms with van der Waals surface area (Å²) in [6.45, 7) is 2.40. The maximum atomic E-state index is 13.5. The molecule has 0 fully saturated rings. The fraction of sp³-hybridized carbons (Fsp3) is 0.333. The molecule has 2 aromatic rings. The number of benzene rings is 1. The maximum absolute atomic E-state index is 13.5. The third kappa shape index (κ3) is 2.47. The van der Waals surface area contributed by atoms with E-state index in [2.05, 4.69) is 10.3 Å². The van der Waals surface area contributed by atoms with Crippen molar-refractivity contribution in [3.05, 3.63) is 47.0 Å². The van der Waals surface area contributed by atoms with Gasteiger partial charge in [-0.2, -0.15) is 0 Å². The van der Waals surface area contributed by atoms with Gasteiger partial charge in [0.1, 0.15) is 11.5 Å². The third-order valence-corrected chi connectivity index (χ3v) is 2.91. The summed E-state index contributed by atoms with van der Waals surface area (Å²) in [7, 11) is 0. The van der Waals surface area contributed by atoms with Crippen molar-refractivity contribution in [2.24, 2.45) is 0 Å². The Hall–Kier alpha value is -1.42. The second kappa shape index (κ2) is 5.27. The van der Waals surface area contributed by atoms with E-state index in [9.17, 15) is 4.39 Å². The van der Waals surface area contributed by atoms with Gasteiger partial charge in [0.25, 0.3) is 0 Å². The highest BCUT2D eigenvalue weighted by molar-refractivity contribution is 6.16. The molecule has 1 heterocycles. The molecule has 5 heteroatoms. The Kier molecular flexibility index (Phi) is 3.74. The lowest BCUT2D eigenvalue weighted by Gasteiger charge is -2.06. The summed E-state index contributed by atoms with van der Waals surface area (Å²) in [4.78, 5) is 0. The zero-order valence-corrected chi connectivity index (χ0v) is 10.3. The summed E-state index contributed by atoms with van der Waals surface area (Å²) in [5.41, 5.74) is 2.34. The molecular formula is C12H13ClFN3. The molecule has 0 amide bonds. The molecule has 0 unspecified atom stereocenters. The fourth-order valence-electron chi connectivity index (χ4n) is 1.77. The minimum atomic E-state index is -0.225. The smallest absolute Gasteiger partial charge is 0.128 e. The van der Waals surface area contributed by atoms with E-state index >= 15 is 0 Å². The topological polar surface area (TPSA) is 30.7 Å². The Balaban J connectivity index is 2.30. The molecule has 0 aliphatic heterocycles. The molecule has 0 aliphatic rings. The Morgan fingerprint density at radius 3 is 2.76 bits per heavy atom. The van der Waals surface area contributed by atoms with Gasteiger partial charge in [0.05, 0.1) is 18.1 Å². The van der Waals surface area contributed by atoms with Gasteiger partial charge in [-0.1, -0.05) is 30.3 Å². The molecule has 17 heavy (non-hydrogen) atoms. The van der Waals surface area contributed by atoms with Crippen molar-refractivity contribution >= 4 is 11.6 Å². The summed E-state index contributed by atoms with van der Waals surface area (Å²) in [5, 5.41) is 8.00. The number of aromatic nitrogens is 3. The fourth-order valence-corrected chi connectivity index (χ4v) is 1.98. The van der Waals surface area contributed by atoms with Crippen LogP contribution >= 0.6 is 11.6 Å². The second-order valence-corrected chi connectivity index (χ2v) is 3.99. The molecule has 0 radical (unpaired) electrons. The van der Waals surface area contributed by atoms with Crippen LogP contribution in [-0.4, -0.2) is 15.0 Å². The highest BCUT2D eigenvalue weighted by Gasteiger charge is 2.11. The molecule has 0 spiro atoms. The standard InChI is InChI=1S/C12H13ClFN3/c1-2-12-11(7-13)15-16-17(12)8-9-5-3-4-6-10(9)14/h3-6H,2,7-8H2,1H3. The number of alkyl halides is 1. The Morgan fingerprint density at radius 2 is 2.12 bits per heavy atom. The first kappa shape index (κ1) is 12.0. The summed E-state index contributed by atoms with van der Waals surface area (Å²) in [6, 6.07) is 6.67. The largest absolute Gasteiger partial charge is 0.245 e. The van der Waals surface area contributed by atoms with Gasteiger partial charge in [-0.3, -0.25) is 0 Å². The van der Waals surface area contributed by atoms with Crippen LogP contribution in [0.4, 0.5) is 4.39 Å². The van der Waals surface area contributed by atoms with E-state index in [1.165, 1.54) is 6.07 Å².